The van der Waals surface area contributed by atoms with Crippen LogP contribution in [-0.2, 0) is 14.8 Å². The fourth-order valence-corrected chi connectivity index (χ4v) is 5.29. The van der Waals surface area contributed by atoms with Gasteiger partial charge in [-0.3, -0.25) is 0 Å². The molecular formula is C20H31N3O3S2. The standard InChI is InChI=1S/C20H31N3O3S2/c1-3-16(2)17-6-8-19(9-7-17)28(24,25)23-12-10-22(11-13-23)20(27)21-15-18-5-4-14-26-18/h6-9,16,18H,3-5,10-15H2,1-2H3,(H,21,27)/t16-,18-/m1/s1. The van der Waals surface area contributed by atoms with Crippen molar-refractivity contribution in [3.8, 4) is 0 Å². The minimum Gasteiger partial charge on any atom is -0.376 e. The summed E-state index contributed by atoms with van der Waals surface area (Å²) in [5.74, 6) is 0.434. The second kappa shape index (κ2) is 9.52. The fourth-order valence-electron chi connectivity index (χ4n) is 3.60. The number of thiocarbonyl (C=S) groups is 1. The molecule has 2 atom stereocenters. The zero-order chi connectivity index (χ0) is 20.1. The lowest BCUT2D eigenvalue weighted by Crippen LogP contribution is -2.53. The van der Waals surface area contributed by atoms with E-state index in [0.717, 1.165) is 32.4 Å². The summed E-state index contributed by atoms with van der Waals surface area (Å²) >= 11 is 5.48. The van der Waals surface area contributed by atoms with Crippen molar-refractivity contribution in [2.45, 2.75) is 50.0 Å². The first-order chi connectivity index (χ1) is 13.4. The van der Waals surface area contributed by atoms with Gasteiger partial charge in [0, 0.05) is 39.3 Å². The van der Waals surface area contributed by atoms with Gasteiger partial charge >= 0.3 is 0 Å². The first kappa shape index (κ1) is 21.5. The molecule has 0 saturated carbocycles. The van der Waals surface area contributed by atoms with E-state index in [1.165, 1.54) is 5.56 Å². The Morgan fingerprint density at radius 3 is 2.50 bits per heavy atom. The summed E-state index contributed by atoms with van der Waals surface area (Å²) in [7, 11) is -3.46. The molecule has 0 aromatic heterocycles. The number of ether oxygens (including phenoxy) is 1. The SMILES string of the molecule is CC[C@@H](C)c1ccc(S(=O)(=O)N2CCN(C(=S)NC[C@H]3CCCO3)CC2)cc1. The molecule has 1 N–H and O–H groups in total. The van der Waals surface area contributed by atoms with Gasteiger partial charge in [0.15, 0.2) is 5.11 Å². The van der Waals surface area contributed by atoms with Crippen molar-refractivity contribution in [2.75, 3.05) is 39.3 Å². The van der Waals surface area contributed by atoms with Crippen LogP contribution in [0.15, 0.2) is 29.2 Å². The van der Waals surface area contributed by atoms with E-state index in [1.807, 2.05) is 17.0 Å². The molecule has 28 heavy (non-hydrogen) atoms. The highest BCUT2D eigenvalue weighted by molar-refractivity contribution is 7.89. The second-order valence-electron chi connectivity index (χ2n) is 7.59. The highest BCUT2D eigenvalue weighted by Crippen LogP contribution is 2.23. The molecule has 2 saturated heterocycles. The molecule has 0 unspecified atom stereocenters. The van der Waals surface area contributed by atoms with Crippen molar-refractivity contribution in [3.05, 3.63) is 29.8 Å². The summed E-state index contributed by atoms with van der Waals surface area (Å²) in [6.45, 7) is 7.92. The first-order valence-corrected chi connectivity index (χ1v) is 12.0. The Balaban J connectivity index is 1.53. The van der Waals surface area contributed by atoms with Crippen LogP contribution in [0.3, 0.4) is 0 Å². The summed E-state index contributed by atoms with van der Waals surface area (Å²) in [4.78, 5) is 2.41. The van der Waals surface area contributed by atoms with Crippen LogP contribution in [-0.4, -0.2) is 68.2 Å². The number of sulfonamides is 1. The van der Waals surface area contributed by atoms with Gasteiger partial charge in [-0.05, 0) is 55.1 Å². The lowest BCUT2D eigenvalue weighted by atomic mass is 9.99. The molecule has 0 aliphatic carbocycles. The molecule has 156 valence electrons. The third-order valence-electron chi connectivity index (χ3n) is 5.73. The molecular weight excluding hydrogens is 394 g/mol. The van der Waals surface area contributed by atoms with Gasteiger partial charge in [0.25, 0.3) is 0 Å². The highest BCUT2D eigenvalue weighted by atomic mass is 32.2. The Kier molecular flexibility index (Phi) is 7.31. The molecule has 0 amide bonds. The summed E-state index contributed by atoms with van der Waals surface area (Å²) in [5.41, 5.74) is 1.17. The molecule has 6 nitrogen and oxygen atoms in total. The third kappa shape index (κ3) is 5.03. The molecule has 0 bridgehead atoms. The minimum absolute atomic E-state index is 0.234. The Morgan fingerprint density at radius 2 is 1.93 bits per heavy atom. The van der Waals surface area contributed by atoms with Crippen LogP contribution in [0.5, 0.6) is 0 Å². The van der Waals surface area contributed by atoms with E-state index in [1.54, 1.807) is 16.4 Å². The maximum Gasteiger partial charge on any atom is 0.243 e. The molecule has 8 heteroatoms. The molecule has 2 aliphatic heterocycles. The summed E-state index contributed by atoms with van der Waals surface area (Å²) in [6, 6.07) is 7.33. The molecule has 3 rings (SSSR count). The van der Waals surface area contributed by atoms with Gasteiger partial charge in [-0.1, -0.05) is 26.0 Å². The average Bonchev–Trinajstić information content (AvgIpc) is 3.25. The Morgan fingerprint density at radius 1 is 1.25 bits per heavy atom. The molecule has 2 fully saturated rings. The van der Waals surface area contributed by atoms with Crippen molar-refractivity contribution in [3.63, 3.8) is 0 Å². The molecule has 0 spiro atoms. The quantitative estimate of drug-likeness (QED) is 0.707. The van der Waals surface area contributed by atoms with Gasteiger partial charge in [0.2, 0.25) is 10.0 Å². The smallest absolute Gasteiger partial charge is 0.243 e. The lowest BCUT2D eigenvalue weighted by molar-refractivity contribution is 0.113. The normalized spacial score (nSPS) is 22.2. The number of piperazine rings is 1. The summed E-state index contributed by atoms with van der Waals surface area (Å²) in [5, 5.41) is 3.95. The fraction of sp³-hybridized carbons (Fsp3) is 0.650. The zero-order valence-electron chi connectivity index (χ0n) is 16.8. The number of benzene rings is 1. The van der Waals surface area contributed by atoms with Gasteiger partial charge in [0.1, 0.15) is 0 Å². The van der Waals surface area contributed by atoms with Gasteiger partial charge in [-0.2, -0.15) is 4.31 Å². The van der Waals surface area contributed by atoms with Gasteiger partial charge < -0.3 is 15.0 Å². The monoisotopic (exact) mass is 425 g/mol. The predicted octanol–water partition coefficient (Wildman–Crippen LogP) is 2.56. The number of rotatable bonds is 6. The van der Waals surface area contributed by atoms with Crippen LogP contribution in [0.2, 0.25) is 0 Å². The van der Waals surface area contributed by atoms with Crippen molar-refractivity contribution >= 4 is 27.4 Å². The Labute approximate surface area is 174 Å². The van der Waals surface area contributed by atoms with Crippen LogP contribution in [0, 0.1) is 0 Å². The third-order valence-corrected chi connectivity index (χ3v) is 8.05. The Bertz CT molecular complexity index is 753. The van der Waals surface area contributed by atoms with E-state index in [2.05, 4.69) is 19.2 Å². The minimum atomic E-state index is -3.46. The van der Waals surface area contributed by atoms with Crippen LogP contribution in [0.4, 0.5) is 0 Å². The predicted molar refractivity (Wildman–Crippen MR) is 115 cm³/mol. The largest absolute Gasteiger partial charge is 0.376 e. The molecule has 2 aliphatic rings. The van der Waals surface area contributed by atoms with Crippen LogP contribution in [0.25, 0.3) is 0 Å². The van der Waals surface area contributed by atoms with Crippen LogP contribution >= 0.6 is 12.2 Å². The van der Waals surface area contributed by atoms with Crippen LogP contribution in [0.1, 0.15) is 44.6 Å². The number of hydrogen-bond donors (Lipinski definition) is 1. The number of hydrogen-bond acceptors (Lipinski definition) is 4. The average molecular weight is 426 g/mol. The Hall–Kier alpha value is -1.22. The molecule has 2 heterocycles. The number of nitrogens with zero attached hydrogens (tertiary/aromatic N) is 2. The van der Waals surface area contributed by atoms with Crippen LogP contribution < -0.4 is 5.32 Å². The molecule has 1 aromatic carbocycles. The van der Waals surface area contributed by atoms with E-state index in [9.17, 15) is 8.42 Å². The summed E-state index contributed by atoms with van der Waals surface area (Å²) < 4.78 is 33.1. The van der Waals surface area contributed by atoms with E-state index in [4.69, 9.17) is 17.0 Å². The molecule has 0 radical (unpaired) electrons. The molecule has 1 aromatic rings. The van der Waals surface area contributed by atoms with Gasteiger partial charge in [0.05, 0.1) is 11.0 Å². The lowest BCUT2D eigenvalue weighted by Gasteiger charge is -2.35. The summed E-state index contributed by atoms with van der Waals surface area (Å²) in [6.07, 6.45) is 3.44. The second-order valence-corrected chi connectivity index (χ2v) is 9.92. The highest BCUT2D eigenvalue weighted by Gasteiger charge is 2.29. The van der Waals surface area contributed by atoms with Gasteiger partial charge in [-0.25, -0.2) is 8.42 Å². The zero-order valence-corrected chi connectivity index (χ0v) is 18.4. The van der Waals surface area contributed by atoms with Crippen molar-refractivity contribution in [2.24, 2.45) is 0 Å². The van der Waals surface area contributed by atoms with E-state index >= 15 is 0 Å². The first-order valence-electron chi connectivity index (χ1n) is 10.2. The number of nitrogens with one attached hydrogen (secondary N) is 1. The maximum absolute atomic E-state index is 13.0. The van der Waals surface area contributed by atoms with Crippen molar-refractivity contribution in [1.29, 1.82) is 0 Å². The van der Waals surface area contributed by atoms with Gasteiger partial charge in [-0.15, -0.1) is 0 Å². The van der Waals surface area contributed by atoms with Crippen molar-refractivity contribution < 1.29 is 13.2 Å². The van der Waals surface area contributed by atoms with E-state index in [0.29, 0.717) is 42.1 Å². The van der Waals surface area contributed by atoms with E-state index in [-0.39, 0.29) is 6.10 Å². The van der Waals surface area contributed by atoms with Crippen molar-refractivity contribution in [1.82, 2.24) is 14.5 Å². The topological polar surface area (TPSA) is 61.9 Å². The van der Waals surface area contributed by atoms with E-state index < -0.39 is 10.0 Å². The maximum atomic E-state index is 13.0.